The van der Waals surface area contributed by atoms with Gasteiger partial charge in [0.1, 0.15) is 11.4 Å². The van der Waals surface area contributed by atoms with Gasteiger partial charge >= 0.3 is 0 Å². The number of anilines is 1. The van der Waals surface area contributed by atoms with Gasteiger partial charge < -0.3 is 5.73 Å². The second-order valence-electron chi connectivity index (χ2n) is 5.55. The zero-order valence-electron chi connectivity index (χ0n) is 13.4. The Morgan fingerprint density at radius 3 is 2.42 bits per heavy atom. The molecule has 1 amide bonds. The van der Waals surface area contributed by atoms with E-state index in [9.17, 15) is 13.2 Å². The summed E-state index contributed by atoms with van der Waals surface area (Å²) in [6, 6.07) is 16.5. The topological polar surface area (TPSA) is 80.5 Å². The van der Waals surface area contributed by atoms with Gasteiger partial charge in [-0.1, -0.05) is 59.6 Å². The Bertz CT molecular complexity index is 1100. The lowest BCUT2D eigenvalue weighted by Crippen LogP contribution is -2.38. The number of nitrogens with two attached hydrogens (primary N) is 1. The lowest BCUT2D eigenvalue weighted by Gasteiger charge is -2.25. The molecule has 0 fully saturated rings. The molecule has 0 saturated heterocycles. The number of rotatable bonds is 5. The molecular formula is C18H14Cl2N2O3S. The Labute approximate surface area is 161 Å². The molecule has 0 spiro atoms. The number of sulfonamides is 1. The van der Waals surface area contributed by atoms with Crippen LogP contribution in [0.5, 0.6) is 0 Å². The number of nitrogens with zero attached hydrogens (tertiary/aromatic N) is 1. The average Bonchev–Trinajstić information content (AvgIpc) is 2.61. The summed E-state index contributed by atoms with van der Waals surface area (Å²) in [4.78, 5) is 11.4. The number of fused-ring (bicyclic) bond motifs is 1. The van der Waals surface area contributed by atoms with Crippen molar-refractivity contribution in [3.05, 3.63) is 70.7 Å². The van der Waals surface area contributed by atoms with E-state index in [1.807, 2.05) is 18.2 Å². The van der Waals surface area contributed by atoms with Crippen LogP contribution in [0, 0.1) is 0 Å². The minimum atomic E-state index is -4.18. The van der Waals surface area contributed by atoms with Crippen molar-refractivity contribution >= 4 is 55.6 Å². The minimum absolute atomic E-state index is 0.00380. The fourth-order valence-corrected chi connectivity index (χ4v) is 4.85. The molecule has 0 unspecified atom stereocenters. The molecular weight excluding hydrogens is 395 g/mol. The second kappa shape index (κ2) is 7.15. The van der Waals surface area contributed by atoms with E-state index in [1.165, 1.54) is 18.2 Å². The van der Waals surface area contributed by atoms with Crippen LogP contribution < -0.4 is 10.0 Å². The molecule has 0 aromatic heterocycles. The smallest absolute Gasteiger partial charge is 0.266 e. The van der Waals surface area contributed by atoms with Crippen LogP contribution in [0.4, 0.5) is 5.69 Å². The van der Waals surface area contributed by atoms with Gasteiger partial charge in [0.15, 0.2) is 0 Å². The summed E-state index contributed by atoms with van der Waals surface area (Å²) in [7, 11) is -4.18. The quantitative estimate of drug-likeness (QED) is 0.696. The third-order valence-corrected chi connectivity index (χ3v) is 6.27. The van der Waals surface area contributed by atoms with Gasteiger partial charge in [-0.3, -0.25) is 9.10 Å². The molecule has 0 aliphatic rings. The number of amides is 1. The van der Waals surface area contributed by atoms with Crippen LogP contribution in [0.15, 0.2) is 65.6 Å². The van der Waals surface area contributed by atoms with E-state index < -0.39 is 22.5 Å². The van der Waals surface area contributed by atoms with Gasteiger partial charge in [0.25, 0.3) is 10.0 Å². The maximum absolute atomic E-state index is 13.3. The van der Waals surface area contributed by atoms with E-state index >= 15 is 0 Å². The van der Waals surface area contributed by atoms with E-state index in [0.717, 1.165) is 9.69 Å². The van der Waals surface area contributed by atoms with Crippen molar-refractivity contribution in [1.29, 1.82) is 0 Å². The molecule has 5 nitrogen and oxygen atoms in total. The van der Waals surface area contributed by atoms with Crippen molar-refractivity contribution in [3.8, 4) is 0 Å². The molecule has 134 valence electrons. The maximum atomic E-state index is 13.3. The molecule has 3 aromatic rings. The lowest BCUT2D eigenvalue weighted by molar-refractivity contribution is -0.116. The normalized spacial score (nSPS) is 11.5. The van der Waals surface area contributed by atoms with E-state index in [-0.39, 0.29) is 14.9 Å². The zero-order valence-corrected chi connectivity index (χ0v) is 15.7. The molecule has 26 heavy (non-hydrogen) atoms. The Morgan fingerprint density at radius 1 is 1.00 bits per heavy atom. The summed E-state index contributed by atoms with van der Waals surface area (Å²) in [5, 5.41) is 1.71. The standard InChI is InChI=1S/C18H14Cl2N2O3S/c19-13-8-9-15(20)17(10-13)26(24,25)22(11-18(21)23)16-7-3-5-12-4-1-2-6-14(12)16/h1-10H,11H2,(H2,21,23). The van der Waals surface area contributed by atoms with Crippen molar-refractivity contribution in [2.75, 3.05) is 10.8 Å². The number of carbonyl (C=O) groups is 1. The van der Waals surface area contributed by atoms with E-state index in [2.05, 4.69) is 0 Å². The van der Waals surface area contributed by atoms with Gasteiger partial charge in [-0.15, -0.1) is 0 Å². The number of benzene rings is 3. The predicted molar refractivity (Wildman–Crippen MR) is 104 cm³/mol. The van der Waals surface area contributed by atoms with Gasteiger partial charge in [0, 0.05) is 10.4 Å². The zero-order chi connectivity index (χ0) is 18.9. The first-order valence-electron chi connectivity index (χ1n) is 7.54. The van der Waals surface area contributed by atoms with Crippen LogP contribution in [0.25, 0.3) is 10.8 Å². The molecule has 8 heteroatoms. The van der Waals surface area contributed by atoms with Crippen LogP contribution in [0.3, 0.4) is 0 Å². The van der Waals surface area contributed by atoms with E-state index in [0.29, 0.717) is 11.1 Å². The number of carbonyl (C=O) groups excluding carboxylic acids is 1. The Balaban J connectivity index is 2.26. The Kier molecular flexibility index (Phi) is 5.09. The molecule has 0 atom stereocenters. The maximum Gasteiger partial charge on any atom is 0.266 e. The monoisotopic (exact) mass is 408 g/mol. The highest BCUT2D eigenvalue weighted by Gasteiger charge is 2.29. The Hall–Kier alpha value is -2.28. The molecule has 2 N–H and O–H groups in total. The van der Waals surface area contributed by atoms with Gasteiger partial charge in [0.05, 0.1) is 10.7 Å². The minimum Gasteiger partial charge on any atom is -0.368 e. The van der Waals surface area contributed by atoms with Gasteiger partial charge in [-0.05, 0) is 29.7 Å². The number of hydrogen-bond donors (Lipinski definition) is 1. The summed E-state index contributed by atoms with van der Waals surface area (Å²) in [6.07, 6.45) is 0. The summed E-state index contributed by atoms with van der Waals surface area (Å²) < 4.78 is 27.5. The Morgan fingerprint density at radius 2 is 1.69 bits per heavy atom. The molecule has 0 saturated carbocycles. The van der Waals surface area contributed by atoms with Crippen LogP contribution in [0.1, 0.15) is 0 Å². The number of primary amides is 1. The number of hydrogen-bond acceptors (Lipinski definition) is 3. The van der Waals surface area contributed by atoms with Crippen LogP contribution in [0.2, 0.25) is 10.0 Å². The highest BCUT2D eigenvalue weighted by atomic mass is 35.5. The summed E-state index contributed by atoms with van der Waals surface area (Å²) in [5.41, 5.74) is 5.64. The highest BCUT2D eigenvalue weighted by Crippen LogP contribution is 2.34. The first-order chi connectivity index (χ1) is 12.3. The number of halogens is 2. The van der Waals surface area contributed by atoms with E-state index in [1.54, 1.807) is 24.3 Å². The molecule has 3 rings (SSSR count). The molecule has 3 aromatic carbocycles. The summed E-state index contributed by atoms with van der Waals surface area (Å²) in [5.74, 6) is -0.792. The second-order valence-corrected chi connectivity index (χ2v) is 8.23. The van der Waals surface area contributed by atoms with Crippen molar-refractivity contribution in [2.24, 2.45) is 5.73 Å². The lowest BCUT2D eigenvalue weighted by atomic mass is 10.1. The van der Waals surface area contributed by atoms with Crippen LogP contribution >= 0.6 is 23.2 Å². The first kappa shape index (κ1) is 18.5. The molecule has 0 heterocycles. The fraction of sp³-hybridized carbons (Fsp3) is 0.0556. The largest absolute Gasteiger partial charge is 0.368 e. The van der Waals surface area contributed by atoms with Crippen molar-refractivity contribution in [1.82, 2.24) is 0 Å². The SMILES string of the molecule is NC(=O)CN(c1cccc2ccccc12)S(=O)(=O)c1cc(Cl)ccc1Cl. The predicted octanol–water partition coefficient (Wildman–Crippen LogP) is 3.83. The van der Waals surface area contributed by atoms with Crippen molar-refractivity contribution in [2.45, 2.75) is 4.90 Å². The third kappa shape index (κ3) is 3.49. The van der Waals surface area contributed by atoms with E-state index in [4.69, 9.17) is 28.9 Å². The summed E-state index contributed by atoms with van der Waals surface area (Å²) >= 11 is 12.0. The van der Waals surface area contributed by atoms with Crippen molar-refractivity contribution in [3.63, 3.8) is 0 Å². The van der Waals surface area contributed by atoms with Gasteiger partial charge in [-0.25, -0.2) is 8.42 Å². The van der Waals surface area contributed by atoms with Gasteiger partial charge in [0.2, 0.25) is 5.91 Å². The molecule has 0 aliphatic carbocycles. The molecule has 0 aliphatic heterocycles. The third-order valence-electron chi connectivity index (χ3n) is 3.80. The first-order valence-corrected chi connectivity index (χ1v) is 9.74. The average molecular weight is 409 g/mol. The van der Waals surface area contributed by atoms with Crippen LogP contribution in [-0.2, 0) is 14.8 Å². The fourth-order valence-electron chi connectivity index (χ4n) is 2.66. The molecule has 0 radical (unpaired) electrons. The van der Waals surface area contributed by atoms with Gasteiger partial charge in [-0.2, -0.15) is 0 Å². The highest BCUT2D eigenvalue weighted by molar-refractivity contribution is 7.93. The summed E-state index contributed by atoms with van der Waals surface area (Å²) in [6.45, 7) is -0.529. The molecule has 0 bridgehead atoms. The van der Waals surface area contributed by atoms with Crippen molar-refractivity contribution < 1.29 is 13.2 Å². The van der Waals surface area contributed by atoms with Crippen LogP contribution in [-0.4, -0.2) is 20.9 Å².